The van der Waals surface area contributed by atoms with Crippen LogP contribution in [0.1, 0.15) is 23.1 Å². The number of carbonyl (C=O) groups excluding carboxylic acids is 1. The Morgan fingerprint density at radius 3 is 2.55 bits per heavy atom. The van der Waals surface area contributed by atoms with Crippen LogP contribution in [0, 0.1) is 0 Å². The fourth-order valence-electron chi connectivity index (χ4n) is 4.29. The quantitative estimate of drug-likeness (QED) is 0.706. The summed E-state index contributed by atoms with van der Waals surface area (Å²) in [6.45, 7) is 2.49. The van der Waals surface area contributed by atoms with Crippen LogP contribution in [0.2, 0.25) is 0 Å². The van der Waals surface area contributed by atoms with Gasteiger partial charge in [0.15, 0.2) is 0 Å². The first-order valence-corrected chi connectivity index (χ1v) is 12.1. The average molecular weight is 444 g/mol. The second-order valence-electron chi connectivity index (χ2n) is 8.05. The zero-order valence-electron chi connectivity index (χ0n) is 17.8. The number of ether oxygens (including phenoxy) is 1. The van der Waals surface area contributed by atoms with Gasteiger partial charge in [-0.2, -0.15) is 4.31 Å². The van der Waals surface area contributed by atoms with E-state index in [9.17, 15) is 13.2 Å². The van der Waals surface area contributed by atoms with Crippen molar-refractivity contribution >= 4 is 15.9 Å². The molecule has 1 N–H and O–H groups in total. The molecule has 4 rings (SSSR count). The first-order chi connectivity index (χ1) is 15.0. The van der Waals surface area contributed by atoms with Gasteiger partial charge in [-0.1, -0.05) is 24.3 Å². The maximum Gasteiger partial charge on any atom is 0.243 e. The van der Waals surface area contributed by atoms with Crippen LogP contribution in [0.25, 0.3) is 0 Å². The molecule has 1 aliphatic carbocycles. The van der Waals surface area contributed by atoms with Crippen molar-refractivity contribution in [1.29, 1.82) is 0 Å². The van der Waals surface area contributed by atoms with Crippen LogP contribution in [0.3, 0.4) is 0 Å². The SMILES string of the molecule is COc1ccccc1CNC(=O)CN1CCN(S(=O)(=O)c2ccc3c(c2)CCC3)CC1. The number of hydrogen-bond acceptors (Lipinski definition) is 5. The van der Waals surface area contributed by atoms with Crippen LogP contribution in [-0.2, 0) is 34.2 Å². The number of carbonyl (C=O) groups is 1. The van der Waals surface area contributed by atoms with E-state index in [1.54, 1.807) is 13.2 Å². The lowest BCUT2D eigenvalue weighted by molar-refractivity contribution is -0.122. The van der Waals surface area contributed by atoms with Crippen LogP contribution in [0.5, 0.6) is 5.75 Å². The number of rotatable bonds is 7. The summed E-state index contributed by atoms with van der Waals surface area (Å²) in [5.41, 5.74) is 3.35. The molecule has 0 bridgehead atoms. The number of nitrogens with zero attached hydrogens (tertiary/aromatic N) is 2. The van der Waals surface area contributed by atoms with Crippen LogP contribution < -0.4 is 10.1 Å². The van der Waals surface area contributed by atoms with Gasteiger partial charge in [0, 0.05) is 38.3 Å². The van der Waals surface area contributed by atoms with Crippen LogP contribution >= 0.6 is 0 Å². The predicted octanol–water partition coefficient (Wildman–Crippen LogP) is 1.81. The molecule has 0 atom stereocenters. The van der Waals surface area contributed by atoms with Crippen LogP contribution in [0.4, 0.5) is 0 Å². The van der Waals surface area contributed by atoms with Crippen molar-refractivity contribution in [3.63, 3.8) is 0 Å². The molecule has 2 aromatic rings. The van der Waals surface area contributed by atoms with Gasteiger partial charge >= 0.3 is 0 Å². The van der Waals surface area contributed by atoms with E-state index in [2.05, 4.69) is 5.32 Å². The van der Waals surface area contributed by atoms with Gasteiger partial charge in [0.1, 0.15) is 5.75 Å². The summed E-state index contributed by atoms with van der Waals surface area (Å²) in [5, 5.41) is 2.92. The number of para-hydroxylation sites is 1. The van der Waals surface area contributed by atoms with E-state index in [1.165, 1.54) is 9.87 Å². The van der Waals surface area contributed by atoms with E-state index >= 15 is 0 Å². The highest BCUT2D eigenvalue weighted by atomic mass is 32.2. The van der Waals surface area contributed by atoms with Crippen molar-refractivity contribution in [2.75, 3.05) is 39.8 Å². The zero-order chi connectivity index (χ0) is 21.8. The fourth-order valence-corrected chi connectivity index (χ4v) is 5.76. The van der Waals surface area contributed by atoms with Crippen molar-refractivity contribution in [1.82, 2.24) is 14.5 Å². The summed E-state index contributed by atoms with van der Waals surface area (Å²) in [7, 11) is -1.89. The molecule has 1 heterocycles. The highest BCUT2D eigenvalue weighted by Gasteiger charge is 2.29. The predicted molar refractivity (Wildman–Crippen MR) is 119 cm³/mol. The Kier molecular flexibility index (Phi) is 6.60. The minimum Gasteiger partial charge on any atom is -0.496 e. The fraction of sp³-hybridized carbons (Fsp3) is 0.435. The maximum absolute atomic E-state index is 13.1. The largest absolute Gasteiger partial charge is 0.496 e. The summed E-state index contributed by atoms with van der Waals surface area (Å²) in [5.74, 6) is 0.661. The molecule has 1 saturated heterocycles. The number of sulfonamides is 1. The third-order valence-corrected chi connectivity index (χ3v) is 7.97. The number of piperazine rings is 1. The number of nitrogens with one attached hydrogen (secondary N) is 1. The smallest absolute Gasteiger partial charge is 0.243 e. The Balaban J connectivity index is 1.29. The Bertz CT molecular complexity index is 1050. The molecular weight excluding hydrogens is 414 g/mol. The molecule has 166 valence electrons. The van der Waals surface area contributed by atoms with Crippen LogP contribution in [0.15, 0.2) is 47.4 Å². The minimum absolute atomic E-state index is 0.0826. The molecule has 1 fully saturated rings. The topological polar surface area (TPSA) is 79.0 Å². The van der Waals surface area contributed by atoms with Crippen molar-refractivity contribution in [2.24, 2.45) is 0 Å². The van der Waals surface area contributed by atoms with E-state index in [0.29, 0.717) is 37.6 Å². The monoisotopic (exact) mass is 443 g/mol. The summed E-state index contributed by atoms with van der Waals surface area (Å²) in [4.78, 5) is 14.7. The Hall–Kier alpha value is -2.42. The molecule has 0 spiro atoms. The number of benzene rings is 2. The van der Waals surface area contributed by atoms with Gasteiger partial charge in [0.2, 0.25) is 15.9 Å². The molecular formula is C23H29N3O4S. The highest BCUT2D eigenvalue weighted by Crippen LogP contribution is 2.26. The van der Waals surface area contributed by atoms with Crippen LogP contribution in [-0.4, -0.2) is 63.4 Å². The molecule has 0 unspecified atom stereocenters. The Morgan fingerprint density at radius 1 is 1.03 bits per heavy atom. The Labute approximate surface area is 184 Å². The molecule has 1 amide bonds. The number of fused-ring (bicyclic) bond motifs is 1. The second kappa shape index (κ2) is 9.38. The first kappa shape index (κ1) is 21.8. The van der Waals surface area contributed by atoms with Gasteiger partial charge in [-0.25, -0.2) is 8.42 Å². The summed E-state index contributed by atoms with van der Waals surface area (Å²) in [6.07, 6.45) is 3.08. The molecule has 0 radical (unpaired) electrons. The lowest BCUT2D eigenvalue weighted by Crippen LogP contribution is -2.51. The standard InChI is InChI=1S/C23H29N3O4S/c1-30-22-8-3-2-5-20(22)16-24-23(27)17-25-11-13-26(14-12-25)31(28,29)21-10-9-18-6-4-7-19(18)15-21/h2-3,5,8-10,15H,4,6-7,11-14,16-17H2,1H3,(H,24,27). The molecule has 2 aromatic carbocycles. The van der Waals surface area contributed by atoms with Crippen molar-refractivity contribution in [2.45, 2.75) is 30.7 Å². The van der Waals surface area contributed by atoms with E-state index in [1.807, 2.05) is 41.3 Å². The zero-order valence-corrected chi connectivity index (χ0v) is 18.7. The van der Waals surface area contributed by atoms with Gasteiger partial charge in [-0.05, 0) is 48.6 Å². The van der Waals surface area contributed by atoms with Crippen molar-refractivity contribution in [3.05, 3.63) is 59.2 Å². The third-order valence-electron chi connectivity index (χ3n) is 6.07. The number of methoxy groups -OCH3 is 1. The van der Waals surface area contributed by atoms with Gasteiger partial charge in [0.25, 0.3) is 0 Å². The molecule has 31 heavy (non-hydrogen) atoms. The summed E-state index contributed by atoms with van der Waals surface area (Å²) < 4.78 is 32.9. The van der Waals surface area contributed by atoms with E-state index in [4.69, 9.17) is 4.74 Å². The summed E-state index contributed by atoms with van der Waals surface area (Å²) in [6, 6.07) is 13.1. The summed E-state index contributed by atoms with van der Waals surface area (Å²) >= 11 is 0. The first-order valence-electron chi connectivity index (χ1n) is 10.7. The molecule has 0 aromatic heterocycles. The van der Waals surface area contributed by atoms with Gasteiger partial charge in [-0.15, -0.1) is 0 Å². The van der Waals surface area contributed by atoms with Crippen molar-refractivity contribution in [3.8, 4) is 5.75 Å². The molecule has 2 aliphatic rings. The van der Waals surface area contributed by atoms with Crippen molar-refractivity contribution < 1.29 is 17.9 Å². The van der Waals surface area contributed by atoms with Gasteiger partial charge in [0.05, 0.1) is 18.6 Å². The second-order valence-corrected chi connectivity index (χ2v) is 9.99. The van der Waals surface area contributed by atoms with E-state index in [-0.39, 0.29) is 12.5 Å². The molecule has 8 heteroatoms. The molecule has 0 saturated carbocycles. The number of amides is 1. The molecule has 7 nitrogen and oxygen atoms in total. The molecule has 1 aliphatic heterocycles. The normalized spacial score (nSPS) is 17.3. The minimum atomic E-state index is -3.50. The lowest BCUT2D eigenvalue weighted by Gasteiger charge is -2.33. The maximum atomic E-state index is 13.1. The van der Waals surface area contributed by atoms with E-state index < -0.39 is 10.0 Å². The number of aryl methyl sites for hydroxylation is 2. The average Bonchev–Trinajstić information content (AvgIpc) is 3.26. The highest BCUT2D eigenvalue weighted by molar-refractivity contribution is 7.89. The number of hydrogen-bond donors (Lipinski definition) is 1. The Morgan fingerprint density at radius 2 is 1.77 bits per heavy atom. The van der Waals surface area contributed by atoms with Gasteiger partial charge in [-0.3, -0.25) is 9.69 Å². The lowest BCUT2D eigenvalue weighted by atomic mass is 10.1. The third kappa shape index (κ3) is 4.92. The van der Waals surface area contributed by atoms with E-state index in [0.717, 1.165) is 36.1 Å². The van der Waals surface area contributed by atoms with Gasteiger partial charge < -0.3 is 10.1 Å².